The van der Waals surface area contributed by atoms with E-state index in [4.69, 9.17) is 4.74 Å². The quantitative estimate of drug-likeness (QED) is 0.699. The van der Waals surface area contributed by atoms with Crippen LogP contribution in [0.4, 0.5) is 0 Å². The lowest BCUT2D eigenvalue weighted by Gasteiger charge is -2.09. The molecule has 2 nitrogen and oxygen atoms in total. The van der Waals surface area contributed by atoms with Crippen LogP contribution in [0, 0.1) is 0 Å². The molecule has 1 fully saturated rings. The second-order valence-electron chi connectivity index (χ2n) is 5.71. The molecule has 0 amide bonds. The van der Waals surface area contributed by atoms with E-state index in [1.807, 2.05) is 18.2 Å². The summed E-state index contributed by atoms with van der Waals surface area (Å²) >= 11 is 7.02. The van der Waals surface area contributed by atoms with Crippen molar-refractivity contribution in [3.05, 3.63) is 68.1 Å². The van der Waals surface area contributed by atoms with Crippen molar-refractivity contribution in [2.24, 2.45) is 0 Å². The number of benzene rings is 2. The second-order valence-corrected chi connectivity index (χ2v) is 7.54. The Morgan fingerprint density at radius 3 is 2.05 bits per heavy atom. The average molecular weight is 426 g/mol. The summed E-state index contributed by atoms with van der Waals surface area (Å²) in [6, 6.07) is 14.5. The molecule has 4 heteroatoms. The molecule has 0 saturated heterocycles. The molecule has 3 unspecified atom stereocenters. The predicted octanol–water partition coefficient (Wildman–Crippen LogP) is 4.99. The lowest BCUT2D eigenvalue weighted by Crippen LogP contribution is -2.14. The number of aliphatic hydroxyl groups is 1. The molecule has 0 heterocycles. The van der Waals surface area contributed by atoms with Gasteiger partial charge < -0.3 is 9.84 Å². The number of methoxy groups -OCH3 is 1. The van der Waals surface area contributed by atoms with Crippen LogP contribution in [0.5, 0.6) is 0 Å². The van der Waals surface area contributed by atoms with Crippen molar-refractivity contribution >= 4 is 31.9 Å². The van der Waals surface area contributed by atoms with Gasteiger partial charge in [0.25, 0.3) is 0 Å². The van der Waals surface area contributed by atoms with E-state index in [2.05, 4.69) is 63.0 Å². The highest BCUT2D eigenvalue weighted by Gasteiger charge is 2.66. The Balaban J connectivity index is 1.96. The maximum absolute atomic E-state index is 10.8. The summed E-state index contributed by atoms with van der Waals surface area (Å²) < 4.78 is 7.42. The number of halogens is 2. The highest BCUT2D eigenvalue weighted by molar-refractivity contribution is 9.11. The van der Waals surface area contributed by atoms with Gasteiger partial charge in [-0.1, -0.05) is 63.0 Å². The van der Waals surface area contributed by atoms with Crippen molar-refractivity contribution in [1.29, 1.82) is 0 Å². The number of hydrogen-bond acceptors (Lipinski definition) is 2. The highest BCUT2D eigenvalue weighted by atomic mass is 79.9. The second kappa shape index (κ2) is 6.08. The summed E-state index contributed by atoms with van der Waals surface area (Å²) in [5, 5.41) is 10.8. The number of aryl methyl sites for hydroxylation is 1. The summed E-state index contributed by atoms with van der Waals surface area (Å²) in [6.07, 6.45) is 1.02. The largest absolute Gasteiger partial charge is 0.364 e. The van der Waals surface area contributed by atoms with Gasteiger partial charge in [0.05, 0.1) is 11.8 Å². The van der Waals surface area contributed by atoms with Crippen LogP contribution in [0.2, 0.25) is 0 Å². The number of hydrogen-bond donors (Lipinski definition) is 1. The lowest BCUT2D eigenvalue weighted by atomic mass is 10.0. The van der Waals surface area contributed by atoms with E-state index in [0.717, 1.165) is 26.5 Å². The van der Waals surface area contributed by atoms with E-state index < -0.39 is 5.79 Å². The average Bonchev–Trinajstić information content (AvgIpc) is 3.13. The molecular formula is C18H18Br2O2. The van der Waals surface area contributed by atoms with Crippen molar-refractivity contribution in [2.45, 2.75) is 31.0 Å². The van der Waals surface area contributed by atoms with E-state index in [1.165, 1.54) is 5.56 Å². The summed E-state index contributed by atoms with van der Waals surface area (Å²) in [6.45, 7) is 2.14. The van der Waals surface area contributed by atoms with Gasteiger partial charge in [0.1, 0.15) is 0 Å². The van der Waals surface area contributed by atoms with Crippen molar-refractivity contribution in [1.82, 2.24) is 0 Å². The van der Waals surface area contributed by atoms with Gasteiger partial charge in [0.2, 0.25) is 0 Å². The molecule has 3 rings (SSSR count). The minimum atomic E-state index is -1.13. The van der Waals surface area contributed by atoms with E-state index in [0.29, 0.717) is 0 Å². The molecule has 1 aliphatic rings. The zero-order valence-electron chi connectivity index (χ0n) is 12.5. The zero-order chi connectivity index (χ0) is 15.9. The van der Waals surface area contributed by atoms with E-state index in [-0.39, 0.29) is 11.8 Å². The van der Waals surface area contributed by atoms with Crippen LogP contribution in [0.1, 0.15) is 35.4 Å². The van der Waals surface area contributed by atoms with Gasteiger partial charge in [-0.05, 0) is 41.3 Å². The fourth-order valence-electron chi connectivity index (χ4n) is 3.18. The smallest absolute Gasteiger partial charge is 0.180 e. The molecule has 3 atom stereocenters. The third-order valence-electron chi connectivity index (χ3n) is 4.43. The summed E-state index contributed by atoms with van der Waals surface area (Å²) in [7, 11) is 1.57. The molecule has 1 aliphatic carbocycles. The summed E-state index contributed by atoms with van der Waals surface area (Å²) in [5.74, 6) is -1.23. The molecule has 0 aliphatic heterocycles. The Hall–Kier alpha value is -0.680. The van der Waals surface area contributed by atoms with Crippen LogP contribution in [0.15, 0.2) is 51.4 Å². The fourth-order valence-corrected chi connectivity index (χ4v) is 4.51. The minimum absolute atomic E-state index is 0.0374. The number of ether oxygens (including phenoxy) is 1. The van der Waals surface area contributed by atoms with E-state index in [1.54, 1.807) is 7.11 Å². The topological polar surface area (TPSA) is 29.5 Å². The van der Waals surface area contributed by atoms with Crippen LogP contribution in [0.3, 0.4) is 0 Å². The first-order chi connectivity index (χ1) is 10.5. The fraction of sp³-hybridized carbons (Fsp3) is 0.333. The molecule has 0 aromatic heterocycles. The zero-order valence-corrected chi connectivity index (χ0v) is 15.7. The normalized spacial score (nSPS) is 27.0. The van der Waals surface area contributed by atoms with Crippen molar-refractivity contribution in [3.8, 4) is 0 Å². The van der Waals surface area contributed by atoms with E-state index in [9.17, 15) is 5.11 Å². The highest BCUT2D eigenvalue weighted by Crippen LogP contribution is 2.64. The third-order valence-corrected chi connectivity index (χ3v) is 5.35. The molecule has 22 heavy (non-hydrogen) atoms. The van der Waals surface area contributed by atoms with Gasteiger partial charge in [-0.15, -0.1) is 0 Å². The first-order valence-corrected chi connectivity index (χ1v) is 8.90. The van der Waals surface area contributed by atoms with Gasteiger partial charge in [-0.25, -0.2) is 0 Å². The first kappa shape index (κ1) is 16.2. The van der Waals surface area contributed by atoms with Crippen LogP contribution in [-0.4, -0.2) is 18.0 Å². The van der Waals surface area contributed by atoms with Crippen LogP contribution < -0.4 is 0 Å². The maximum Gasteiger partial charge on any atom is 0.180 e. The Labute approximate surface area is 147 Å². The molecule has 1 N–H and O–H groups in total. The molecule has 0 bridgehead atoms. The maximum atomic E-state index is 10.8. The van der Waals surface area contributed by atoms with Crippen LogP contribution in [-0.2, 0) is 11.2 Å². The molecule has 2 aromatic rings. The number of rotatable bonds is 4. The van der Waals surface area contributed by atoms with Crippen molar-refractivity contribution in [2.75, 3.05) is 7.11 Å². The summed E-state index contributed by atoms with van der Waals surface area (Å²) in [5.41, 5.74) is 3.48. The van der Waals surface area contributed by atoms with Gasteiger partial charge in [-0.3, -0.25) is 0 Å². The Morgan fingerprint density at radius 2 is 1.55 bits per heavy atom. The minimum Gasteiger partial charge on any atom is -0.364 e. The Bertz CT molecular complexity index is 664. The Morgan fingerprint density at radius 1 is 1.00 bits per heavy atom. The summed E-state index contributed by atoms with van der Waals surface area (Å²) in [4.78, 5) is 0. The van der Waals surface area contributed by atoms with Crippen LogP contribution in [0.25, 0.3) is 0 Å². The van der Waals surface area contributed by atoms with Gasteiger partial charge >= 0.3 is 0 Å². The van der Waals surface area contributed by atoms with Crippen LogP contribution >= 0.6 is 31.9 Å². The lowest BCUT2D eigenvalue weighted by molar-refractivity contribution is -0.110. The van der Waals surface area contributed by atoms with E-state index >= 15 is 0 Å². The molecule has 2 aromatic carbocycles. The van der Waals surface area contributed by atoms with Crippen molar-refractivity contribution < 1.29 is 9.84 Å². The van der Waals surface area contributed by atoms with Gasteiger partial charge in [0, 0.05) is 16.1 Å². The molecule has 0 spiro atoms. The monoisotopic (exact) mass is 424 g/mol. The molecular weight excluding hydrogens is 408 g/mol. The SMILES string of the molecule is CCc1ccc(C2C(c3cc(Br)cc(Br)c3)C2(O)OC)cc1. The molecule has 116 valence electrons. The first-order valence-electron chi connectivity index (χ1n) is 7.32. The predicted molar refractivity (Wildman–Crippen MR) is 95.1 cm³/mol. The standard InChI is InChI=1S/C18H18Br2O2/c1-3-11-4-6-12(7-5-11)16-17(18(16,21)22-2)13-8-14(19)10-15(20)9-13/h4-10,16-17,21H,3H2,1-2H3. The molecule has 0 radical (unpaired) electrons. The van der Waals surface area contributed by atoms with Gasteiger partial charge in [-0.2, -0.15) is 0 Å². The third kappa shape index (κ3) is 2.78. The van der Waals surface area contributed by atoms with Gasteiger partial charge in [0.15, 0.2) is 5.79 Å². The van der Waals surface area contributed by atoms with Crippen molar-refractivity contribution in [3.63, 3.8) is 0 Å². The molecule has 1 saturated carbocycles. The Kier molecular flexibility index (Phi) is 4.47.